The lowest BCUT2D eigenvalue weighted by Crippen LogP contribution is -2.24. The van der Waals surface area contributed by atoms with Crippen molar-refractivity contribution in [3.63, 3.8) is 0 Å². The zero-order valence-corrected chi connectivity index (χ0v) is 12.9. The Bertz CT molecular complexity index is 703. The summed E-state index contributed by atoms with van der Waals surface area (Å²) >= 11 is 0. The zero-order valence-electron chi connectivity index (χ0n) is 12.9. The Hall–Kier alpha value is -2.21. The minimum atomic E-state index is -0.515. The number of aliphatic hydroxyl groups excluding tert-OH is 1. The number of hydrogen-bond acceptors (Lipinski definition) is 5. The number of rotatable bonds is 5. The van der Waals surface area contributed by atoms with E-state index in [0.717, 1.165) is 0 Å². The topological polar surface area (TPSA) is 62.7 Å². The first-order valence-corrected chi connectivity index (χ1v) is 7.07. The van der Waals surface area contributed by atoms with Gasteiger partial charge in [0.1, 0.15) is 11.4 Å². The number of halogens is 1. The van der Waals surface area contributed by atoms with Gasteiger partial charge in [-0.05, 0) is 31.5 Å². The molecule has 6 heteroatoms. The minimum Gasteiger partial charge on any atom is -0.462 e. The number of fused-ring (bicyclic) bond motifs is 1. The molecule has 0 amide bonds. The molecule has 1 heterocycles. The van der Waals surface area contributed by atoms with Crippen LogP contribution in [-0.4, -0.2) is 42.9 Å². The summed E-state index contributed by atoms with van der Waals surface area (Å²) in [6, 6.07) is 2.75. The molecule has 1 aromatic carbocycles. The van der Waals surface area contributed by atoms with Crippen molar-refractivity contribution in [1.82, 2.24) is 4.98 Å². The van der Waals surface area contributed by atoms with Crippen LogP contribution in [0.1, 0.15) is 22.8 Å². The SMILES string of the molecule is CCOC(=O)c1cnc2c(C)cc(F)cc2c1N(C)CCO. The van der Waals surface area contributed by atoms with E-state index >= 15 is 0 Å². The van der Waals surface area contributed by atoms with Crippen molar-refractivity contribution in [1.29, 1.82) is 0 Å². The van der Waals surface area contributed by atoms with Gasteiger partial charge in [-0.25, -0.2) is 9.18 Å². The number of ether oxygens (including phenoxy) is 1. The molecule has 0 atom stereocenters. The molecular weight excluding hydrogens is 287 g/mol. The summed E-state index contributed by atoms with van der Waals surface area (Å²) in [4.78, 5) is 18.1. The van der Waals surface area contributed by atoms with E-state index in [4.69, 9.17) is 9.84 Å². The van der Waals surface area contributed by atoms with Gasteiger partial charge in [0, 0.05) is 25.2 Å². The number of esters is 1. The summed E-state index contributed by atoms with van der Waals surface area (Å²) in [6.45, 7) is 3.94. The molecule has 0 aliphatic rings. The predicted octanol–water partition coefficient (Wildman–Crippen LogP) is 2.29. The van der Waals surface area contributed by atoms with Crippen LogP contribution in [0.3, 0.4) is 0 Å². The molecule has 0 unspecified atom stereocenters. The largest absolute Gasteiger partial charge is 0.462 e. The second kappa shape index (κ2) is 6.70. The molecule has 22 heavy (non-hydrogen) atoms. The number of aromatic nitrogens is 1. The van der Waals surface area contributed by atoms with Gasteiger partial charge in [0.15, 0.2) is 0 Å². The molecule has 0 aliphatic carbocycles. The van der Waals surface area contributed by atoms with Gasteiger partial charge in [-0.2, -0.15) is 0 Å². The molecule has 118 valence electrons. The first-order valence-electron chi connectivity index (χ1n) is 7.07. The Morgan fingerprint density at radius 2 is 2.18 bits per heavy atom. The second-order valence-electron chi connectivity index (χ2n) is 5.00. The molecule has 0 spiro atoms. The molecule has 0 saturated heterocycles. The zero-order chi connectivity index (χ0) is 16.3. The molecule has 1 aromatic heterocycles. The van der Waals surface area contributed by atoms with Crippen molar-refractivity contribution in [2.45, 2.75) is 13.8 Å². The lowest BCUT2D eigenvalue weighted by molar-refractivity contribution is 0.0526. The van der Waals surface area contributed by atoms with E-state index in [1.165, 1.54) is 18.3 Å². The van der Waals surface area contributed by atoms with Crippen LogP contribution in [0.15, 0.2) is 18.3 Å². The third-order valence-corrected chi connectivity index (χ3v) is 3.41. The maximum atomic E-state index is 13.8. The number of nitrogens with zero attached hydrogens (tertiary/aromatic N) is 2. The number of likely N-dealkylation sites (N-methyl/N-ethyl adjacent to an activating group) is 1. The van der Waals surface area contributed by atoms with Gasteiger partial charge in [0.05, 0.1) is 24.4 Å². The molecular formula is C16H19FN2O3. The van der Waals surface area contributed by atoms with Crippen LogP contribution in [0, 0.1) is 12.7 Å². The summed E-state index contributed by atoms with van der Waals surface area (Å²) in [7, 11) is 1.73. The fourth-order valence-electron chi connectivity index (χ4n) is 2.45. The van der Waals surface area contributed by atoms with Crippen LogP contribution < -0.4 is 4.90 Å². The molecule has 0 bridgehead atoms. The summed E-state index contributed by atoms with van der Waals surface area (Å²) in [6.07, 6.45) is 1.44. The van der Waals surface area contributed by atoms with Gasteiger partial charge >= 0.3 is 5.97 Å². The Balaban J connectivity index is 2.74. The monoisotopic (exact) mass is 306 g/mol. The summed E-state index contributed by atoms with van der Waals surface area (Å²) in [5.41, 5.74) is 2.08. The van der Waals surface area contributed by atoms with Crippen LogP contribution in [0.2, 0.25) is 0 Å². The highest BCUT2D eigenvalue weighted by Crippen LogP contribution is 2.31. The van der Waals surface area contributed by atoms with Gasteiger partial charge in [-0.3, -0.25) is 4.98 Å². The Morgan fingerprint density at radius 1 is 1.45 bits per heavy atom. The first kappa shape index (κ1) is 16.2. The fraction of sp³-hybridized carbons (Fsp3) is 0.375. The summed E-state index contributed by atoms with van der Waals surface area (Å²) in [5, 5.41) is 9.69. The maximum absolute atomic E-state index is 13.8. The van der Waals surface area contributed by atoms with Crippen molar-refractivity contribution in [3.05, 3.63) is 35.3 Å². The van der Waals surface area contributed by atoms with Gasteiger partial charge in [-0.15, -0.1) is 0 Å². The van der Waals surface area contributed by atoms with Crippen molar-refractivity contribution >= 4 is 22.6 Å². The van der Waals surface area contributed by atoms with Crippen LogP contribution in [0.4, 0.5) is 10.1 Å². The van der Waals surface area contributed by atoms with E-state index < -0.39 is 11.8 Å². The fourth-order valence-corrected chi connectivity index (χ4v) is 2.45. The van der Waals surface area contributed by atoms with E-state index in [9.17, 15) is 9.18 Å². The predicted molar refractivity (Wildman–Crippen MR) is 82.8 cm³/mol. The van der Waals surface area contributed by atoms with Crippen molar-refractivity contribution < 1.29 is 19.0 Å². The standard InChI is InChI=1S/C16H19FN2O3/c1-4-22-16(21)13-9-18-14-10(2)7-11(17)8-12(14)15(13)19(3)5-6-20/h7-9,20H,4-6H2,1-3H3. The normalized spacial score (nSPS) is 10.8. The number of anilines is 1. The maximum Gasteiger partial charge on any atom is 0.341 e. The molecule has 0 fully saturated rings. The molecule has 2 aromatic rings. The number of pyridine rings is 1. The highest BCUT2D eigenvalue weighted by Gasteiger charge is 2.20. The summed E-state index contributed by atoms with van der Waals surface area (Å²) in [5.74, 6) is -0.912. The number of carbonyl (C=O) groups excluding carboxylic acids is 1. The smallest absolute Gasteiger partial charge is 0.341 e. The number of benzene rings is 1. The quantitative estimate of drug-likeness (QED) is 0.859. The number of aliphatic hydroxyl groups is 1. The highest BCUT2D eigenvalue weighted by atomic mass is 19.1. The van der Waals surface area contributed by atoms with Crippen LogP contribution in [0.5, 0.6) is 0 Å². The highest BCUT2D eigenvalue weighted by molar-refractivity contribution is 6.05. The molecule has 0 radical (unpaired) electrons. The first-order chi connectivity index (χ1) is 10.5. The van der Waals surface area contributed by atoms with Gasteiger partial charge in [-0.1, -0.05) is 0 Å². The minimum absolute atomic E-state index is 0.0864. The number of aryl methyl sites for hydroxylation is 1. The van der Waals surface area contributed by atoms with Crippen molar-refractivity contribution in [2.24, 2.45) is 0 Å². The van der Waals surface area contributed by atoms with E-state index in [1.54, 1.807) is 25.8 Å². The average molecular weight is 306 g/mol. The molecule has 5 nitrogen and oxygen atoms in total. The van der Waals surface area contributed by atoms with E-state index in [-0.39, 0.29) is 18.8 Å². The molecule has 0 aliphatic heterocycles. The number of carbonyl (C=O) groups is 1. The van der Waals surface area contributed by atoms with E-state index in [1.807, 2.05) is 0 Å². The molecule has 2 rings (SSSR count). The van der Waals surface area contributed by atoms with Gasteiger partial charge in [0.25, 0.3) is 0 Å². The van der Waals surface area contributed by atoms with Crippen LogP contribution in [-0.2, 0) is 4.74 Å². The summed E-state index contributed by atoms with van der Waals surface area (Å²) < 4.78 is 18.8. The lowest BCUT2D eigenvalue weighted by Gasteiger charge is -2.23. The van der Waals surface area contributed by atoms with Crippen molar-refractivity contribution in [2.75, 3.05) is 31.7 Å². The number of hydrogen-bond donors (Lipinski definition) is 1. The Morgan fingerprint density at radius 3 is 2.82 bits per heavy atom. The lowest BCUT2D eigenvalue weighted by atomic mass is 10.0. The van der Waals surface area contributed by atoms with Crippen molar-refractivity contribution in [3.8, 4) is 0 Å². The van der Waals surface area contributed by atoms with Crippen LogP contribution in [0.25, 0.3) is 10.9 Å². The molecule has 1 N–H and O–H groups in total. The third-order valence-electron chi connectivity index (χ3n) is 3.41. The van der Waals surface area contributed by atoms with E-state index in [2.05, 4.69) is 4.98 Å². The Kier molecular flexibility index (Phi) is 4.92. The average Bonchev–Trinajstić information content (AvgIpc) is 2.46. The third kappa shape index (κ3) is 3.01. The van der Waals surface area contributed by atoms with Crippen LogP contribution >= 0.6 is 0 Å². The van der Waals surface area contributed by atoms with E-state index in [0.29, 0.717) is 28.7 Å². The van der Waals surface area contributed by atoms with Gasteiger partial charge < -0.3 is 14.7 Å². The second-order valence-corrected chi connectivity index (χ2v) is 5.00. The Labute approximate surface area is 128 Å². The van der Waals surface area contributed by atoms with Gasteiger partial charge in [0.2, 0.25) is 0 Å². The molecule has 0 saturated carbocycles.